The van der Waals surface area contributed by atoms with Gasteiger partial charge in [0, 0.05) is 5.41 Å². The first-order valence-corrected chi connectivity index (χ1v) is 2.95. The van der Waals surface area contributed by atoms with Crippen molar-refractivity contribution in [1.29, 1.82) is 0 Å². The Bertz CT molecular complexity index is 63.1. The van der Waals surface area contributed by atoms with Crippen LogP contribution in [0.1, 0.15) is 19.3 Å². The van der Waals surface area contributed by atoms with Gasteiger partial charge in [-0.15, -0.1) is 0 Å². The molecule has 0 unspecified atom stereocenters. The predicted molar refractivity (Wildman–Crippen MR) is 28.2 cm³/mol. The van der Waals surface area contributed by atoms with Crippen LogP contribution in [0.4, 0.5) is 8.78 Å². The summed E-state index contributed by atoms with van der Waals surface area (Å²) in [6.07, 6.45) is 2.51. The Morgan fingerprint density at radius 3 is 1.62 bits per heavy atom. The zero-order valence-corrected chi connectivity index (χ0v) is 4.79. The van der Waals surface area contributed by atoms with Crippen LogP contribution in [0.5, 0.6) is 0 Å². The Balaban J connectivity index is 2.33. The molecule has 1 aliphatic carbocycles. The van der Waals surface area contributed by atoms with Gasteiger partial charge in [-0.05, 0) is 12.8 Å². The van der Waals surface area contributed by atoms with Gasteiger partial charge in [-0.25, -0.2) is 0 Å². The van der Waals surface area contributed by atoms with E-state index in [-0.39, 0.29) is 0 Å². The van der Waals surface area contributed by atoms with Gasteiger partial charge in [-0.1, -0.05) is 6.42 Å². The van der Waals surface area contributed by atoms with Crippen LogP contribution in [-0.4, -0.2) is 13.3 Å². The third-order valence-electron chi connectivity index (χ3n) is 1.98. The van der Waals surface area contributed by atoms with E-state index in [0.717, 1.165) is 19.3 Å². The maximum absolute atomic E-state index is 11.9. The molecule has 0 aromatic carbocycles. The lowest BCUT2D eigenvalue weighted by molar-refractivity contribution is 0.0586. The first kappa shape index (κ1) is 5.99. The van der Waals surface area contributed by atoms with Gasteiger partial charge in [0.15, 0.2) is 0 Å². The molecule has 1 aliphatic rings. The molecule has 8 heavy (non-hydrogen) atoms. The largest absolute Gasteiger partial charge is 0.250 e. The van der Waals surface area contributed by atoms with E-state index >= 15 is 0 Å². The van der Waals surface area contributed by atoms with Gasteiger partial charge in [0.2, 0.25) is 0 Å². The molecule has 1 fully saturated rings. The predicted octanol–water partition coefficient (Wildman–Crippen LogP) is 2.10. The average Bonchev–Trinajstić information content (AvgIpc) is 1.67. The molecule has 0 aliphatic heterocycles. The molecule has 1 saturated carbocycles. The Morgan fingerprint density at radius 2 is 1.62 bits per heavy atom. The second kappa shape index (κ2) is 2.00. The summed E-state index contributed by atoms with van der Waals surface area (Å²) < 4.78 is 23.7. The fourth-order valence-electron chi connectivity index (χ4n) is 0.980. The minimum atomic E-state index is -0.528. The summed E-state index contributed by atoms with van der Waals surface area (Å²) >= 11 is 0. The van der Waals surface area contributed by atoms with Crippen molar-refractivity contribution in [2.45, 2.75) is 19.3 Å². The van der Waals surface area contributed by atoms with E-state index in [1.807, 2.05) is 0 Å². The average molecular weight is 120 g/mol. The van der Waals surface area contributed by atoms with Gasteiger partial charge in [0.25, 0.3) is 0 Å². The fraction of sp³-hybridized carbons (Fsp3) is 1.00. The number of alkyl halides is 2. The molecule has 0 atom stereocenters. The molecule has 0 aromatic rings. The Morgan fingerprint density at radius 1 is 1.12 bits per heavy atom. The first-order valence-electron chi connectivity index (χ1n) is 2.95. The maximum Gasteiger partial charge on any atom is 0.0975 e. The van der Waals surface area contributed by atoms with Crippen molar-refractivity contribution >= 4 is 0 Å². The zero-order chi connectivity index (χ0) is 6.04. The van der Waals surface area contributed by atoms with E-state index in [4.69, 9.17) is 0 Å². The Kier molecular flexibility index (Phi) is 1.49. The van der Waals surface area contributed by atoms with Gasteiger partial charge >= 0.3 is 0 Å². The maximum atomic E-state index is 11.9. The summed E-state index contributed by atoms with van der Waals surface area (Å²) in [5.74, 6) is 0. The SMILES string of the molecule is FCC1(CF)CCC1. The highest BCUT2D eigenvalue weighted by molar-refractivity contribution is 4.86. The zero-order valence-electron chi connectivity index (χ0n) is 4.79. The van der Waals surface area contributed by atoms with Crippen LogP contribution in [0.15, 0.2) is 0 Å². The molecule has 0 saturated heterocycles. The van der Waals surface area contributed by atoms with Gasteiger partial charge in [-0.3, -0.25) is 8.78 Å². The monoisotopic (exact) mass is 120 g/mol. The quantitative estimate of drug-likeness (QED) is 0.523. The summed E-state index contributed by atoms with van der Waals surface area (Å²) in [5, 5.41) is 0. The molecule has 0 N–H and O–H groups in total. The first-order chi connectivity index (χ1) is 3.83. The van der Waals surface area contributed by atoms with E-state index < -0.39 is 18.8 Å². The molecule has 1 rings (SSSR count). The molecular weight excluding hydrogens is 110 g/mol. The van der Waals surface area contributed by atoms with Gasteiger partial charge in [-0.2, -0.15) is 0 Å². The van der Waals surface area contributed by atoms with E-state index in [2.05, 4.69) is 0 Å². The second-order valence-electron chi connectivity index (χ2n) is 2.62. The van der Waals surface area contributed by atoms with Crippen molar-refractivity contribution in [3.8, 4) is 0 Å². The van der Waals surface area contributed by atoms with Crippen molar-refractivity contribution in [3.05, 3.63) is 0 Å². The van der Waals surface area contributed by atoms with Crippen molar-refractivity contribution < 1.29 is 8.78 Å². The summed E-state index contributed by atoms with van der Waals surface area (Å²) in [6, 6.07) is 0. The van der Waals surface area contributed by atoms with Gasteiger partial charge < -0.3 is 0 Å². The summed E-state index contributed by atoms with van der Waals surface area (Å²) in [7, 11) is 0. The van der Waals surface area contributed by atoms with Crippen molar-refractivity contribution in [1.82, 2.24) is 0 Å². The summed E-state index contributed by atoms with van der Waals surface area (Å²) in [4.78, 5) is 0. The molecule has 48 valence electrons. The smallest absolute Gasteiger partial charge is 0.0975 e. The Hall–Kier alpha value is -0.140. The van der Waals surface area contributed by atoms with Crippen LogP contribution in [0, 0.1) is 5.41 Å². The van der Waals surface area contributed by atoms with Crippen LogP contribution in [0.2, 0.25) is 0 Å². The third kappa shape index (κ3) is 0.721. The van der Waals surface area contributed by atoms with Gasteiger partial charge in [0.1, 0.15) is 0 Å². The summed E-state index contributed by atoms with van der Waals surface area (Å²) in [5.41, 5.74) is -0.528. The van der Waals surface area contributed by atoms with Crippen LogP contribution >= 0.6 is 0 Å². The van der Waals surface area contributed by atoms with Gasteiger partial charge in [0.05, 0.1) is 13.3 Å². The number of hydrogen-bond donors (Lipinski definition) is 0. The summed E-state index contributed by atoms with van der Waals surface area (Å²) in [6.45, 7) is -0.938. The van der Waals surface area contributed by atoms with Crippen molar-refractivity contribution in [2.75, 3.05) is 13.3 Å². The molecule has 0 spiro atoms. The highest BCUT2D eigenvalue weighted by Crippen LogP contribution is 2.41. The molecule has 2 heteroatoms. The normalized spacial score (nSPS) is 24.8. The number of hydrogen-bond acceptors (Lipinski definition) is 0. The van der Waals surface area contributed by atoms with E-state index in [1.165, 1.54) is 0 Å². The van der Waals surface area contributed by atoms with E-state index in [0.29, 0.717) is 0 Å². The van der Waals surface area contributed by atoms with Crippen LogP contribution in [-0.2, 0) is 0 Å². The third-order valence-corrected chi connectivity index (χ3v) is 1.98. The lowest BCUT2D eigenvalue weighted by atomic mass is 9.71. The van der Waals surface area contributed by atoms with Crippen molar-refractivity contribution in [3.63, 3.8) is 0 Å². The molecule has 0 aromatic heterocycles. The molecule has 0 nitrogen and oxygen atoms in total. The molecule has 0 radical (unpaired) electrons. The van der Waals surface area contributed by atoms with E-state index in [1.54, 1.807) is 0 Å². The number of rotatable bonds is 2. The van der Waals surface area contributed by atoms with Crippen LogP contribution < -0.4 is 0 Å². The second-order valence-corrected chi connectivity index (χ2v) is 2.62. The van der Waals surface area contributed by atoms with E-state index in [9.17, 15) is 8.78 Å². The van der Waals surface area contributed by atoms with Crippen LogP contribution in [0.25, 0.3) is 0 Å². The standard InChI is InChI=1S/C6H10F2/c7-4-6(5-8)2-1-3-6/h1-5H2. The molecular formula is C6H10F2. The minimum absolute atomic E-state index is 0.469. The molecule has 0 amide bonds. The van der Waals surface area contributed by atoms with Crippen LogP contribution in [0.3, 0.4) is 0 Å². The highest BCUT2D eigenvalue weighted by Gasteiger charge is 2.36. The lowest BCUT2D eigenvalue weighted by Gasteiger charge is -2.36. The highest BCUT2D eigenvalue weighted by atomic mass is 19.1. The lowest BCUT2D eigenvalue weighted by Crippen LogP contribution is -2.33. The minimum Gasteiger partial charge on any atom is -0.250 e. The fourth-order valence-corrected chi connectivity index (χ4v) is 0.980. The Labute approximate surface area is 47.9 Å². The number of halogens is 2. The topological polar surface area (TPSA) is 0 Å². The van der Waals surface area contributed by atoms with Crippen molar-refractivity contribution in [2.24, 2.45) is 5.41 Å². The molecule has 0 bridgehead atoms. The molecule has 0 heterocycles.